The molecule has 30 heavy (non-hydrogen) atoms. The van der Waals surface area contributed by atoms with Gasteiger partial charge in [-0.2, -0.15) is 4.98 Å². The molecule has 1 amide bonds. The number of hydrogen-bond acceptors (Lipinski definition) is 6. The van der Waals surface area contributed by atoms with Crippen molar-refractivity contribution in [1.82, 2.24) is 9.97 Å². The highest BCUT2D eigenvalue weighted by Gasteiger charge is 2.18. The largest absolute Gasteiger partial charge is 0.378 e. The highest BCUT2D eigenvalue weighted by Crippen LogP contribution is 2.25. The van der Waals surface area contributed by atoms with Crippen LogP contribution < -0.4 is 15.1 Å². The Balaban J connectivity index is 1.52. The highest BCUT2D eigenvalue weighted by molar-refractivity contribution is 6.05. The van der Waals surface area contributed by atoms with Crippen LogP contribution in [0.1, 0.15) is 10.4 Å². The molecule has 0 saturated carbocycles. The standard InChI is InChI=1S/C23H25N5O2/c1-27(2)21-20(16-24-23(26-21)28-12-14-30-15-13-28)25-22(29)19-10-8-18(9-11-19)17-6-4-3-5-7-17/h3-11,16H,12-15H2,1-2H3,(H,25,29). The van der Waals surface area contributed by atoms with Gasteiger partial charge in [-0.25, -0.2) is 4.98 Å². The molecule has 2 heterocycles. The zero-order valence-corrected chi connectivity index (χ0v) is 17.2. The summed E-state index contributed by atoms with van der Waals surface area (Å²) in [4.78, 5) is 25.9. The van der Waals surface area contributed by atoms with E-state index in [0.717, 1.165) is 24.2 Å². The molecule has 1 N–H and O–H groups in total. The van der Waals surface area contributed by atoms with Gasteiger partial charge in [0.25, 0.3) is 5.91 Å². The smallest absolute Gasteiger partial charge is 0.255 e. The molecule has 0 unspecified atom stereocenters. The summed E-state index contributed by atoms with van der Waals surface area (Å²) < 4.78 is 5.40. The molecule has 3 aromatic rings. The van der Waals surface area contributed by atoms with Crippen molar-refractivity contribution in [3.63, 3.8) is 0 Å². The molecule has 1 aliphatic rings. The minimum atomic E-state index is -0.194. The fourth-order valence-corrected chi connectivity index (χ4v) is 3.35. The molecule has 4 rings (SSSR count). The van der Waals surface area contributed by atoms with Crippen molar-refractivity contribution in [2.24, 2.45) is 0 Å². The average molecular weight is 403 g/mol. The molecule has 7 heteroatoms. The number of aromatic nitrogens is 2. The lowest BCUT2D eigenvalue weighted by molar-refractivity contribution is 0.102. The lowest BCUT2D eigenvalue weighted by Gasteiger charge is -2.28. The minimum absolute atomic E-state index is 0.194. The van der Waals surface area contributed by atoms with Crippen LogP contribution in [-0.4, -0.2) is 56.3 Å². The maximum atomic E-state index is 12.8. The summed E-state index contributed by atoms with van der Waals surface area (Å²) in [6.45, 7) is 2.84. The molecular weight excluding hydrogens is 378 g/mol. The Hall–Kier alpha value is -3.45. The number of anilines is 3. The molecule has 0 spiro atoms. The lowest BCUT2D eigenvalue weighted by atomic mass is 10.0. The van der Waals surface area contributed by atoms with Crippen LogP contribution in [-0.2, 0) is 4.74 Å². The fourth-order valence-electron chi connectivity index (χ4n) is 3.35. The summed E-state index contributed by atoms with van der Waals surface area (Å²) in [5, 5.41) is 2.95. The first-order chi connectivity index (χ1) is 14.6. The Bertz CT molecular complexity index is 1000. The van der Waals surface area contributed by atoms with Gasteiger partial charge in [0.05, 0.1) is 19.4 Å². The Morgan fingerprint density at radius 2 is 1.67 bits per heavy atom. The fraction of sp³-hybridized carbons (Fsp3) is 0.261. The summed E-state index contributed by atoms with van der Waals surface area (Å²) >= 11 is 0. The molecule has 1 aromatic heterocycles. The topological polar surface area (TPSA) is 70.6 Å². The second kappa shape index (κ2) is 8.92. The molecule has 2 aromatic carbocycles. The van der Waals surface area contributed by atoms with E-state index in [4.69, 9.17) is 4.74 Å². The molecule has 1 saturated heterocycles. The third-order valence-electron chi connectivity index (χ3n) is 4.98. The summed E-state index contributed by atoms with van der Waals surface area (Å²) in [5.74, 6) is 1.12. The number of nitrogens with one attached hydrogen (secondary N) is 1. The third-order valence-corrected chi connectivity index (χ3v) is 4.98. The number of nitrogens with zero attached hydrogens (tertiary/aromatic N) is 4. The summed E-state index contributed by atoms with van der Waals surface area (Å²) in [6.07, 6.45) is 1.67. The molecule has 0 atom stereocenters. The van der Waals surface area contributed by atoms with Crippen molar-refractivity contribution >= 4 is 23.4 Å². The zero-order valence-electron chi connectivity index (χ0n) is 17.2. The van der Waals surface area contributed by atoms with Gasteiger partial charge in [-0.1, -0.05) is 42.5 Å². The lowest BCUT2D eigenvalue weighted by Crippen LogP contribution is -2.37. The Kier molecular flexibility index (Phi) is 5.90. The van der Waals surface area contributed by atoms with E-state index in [-0.39, 0.29) is 5.91 Å². The number of rotatable bonds is 5. The highest BCUT2D eigenvalue weighted by atomic mass is 16.5. The van der Waals surface area contributed by atoms with Crippen LogP contribution in [0.15, 0.2) is 60.8 Å². The number of benzene rings is 2. The quantitative estimate of drug-likeness (QED) is 0.705. The molecule has 1 aliphatic heterocycles. The predicted molar refractivity (Wildman–Crippen MR) is 119 cm³/mol. The second-order valence-corrected chi connectivity index (χ2v) is 7.30. The van der Waals surface area contributed by atoms with Gasteiger partial charge in [-0.3, -0.25) is 4.79 Å². The van der Waals surface area contributed by atoms with Crippen molar-refractivity contribution in [2.45, 2.75) is 0 Å². The van der Waals surface area contributed by atoms with Crippen LogP contribution in [0.4, 0.5) is 17.5 Å². The van der Waals surface area contributed by atoms with E-state index in [9.17, 15) is 4.79 Å². The molecule has 154 valence electrons. The van der Waals surface area contributed by atoms with Gasteiger partial charge in [0.1, 0.15) is 5.69 Å². The molecule has 0 bridgehead atoms. The minimum Gasteiger partial charge on any atom is -0.378 e. The maximum absolute atomic E-state index is 12.8. The van der Waals surface area contributed by atoms with E-state index in [1.54, 1.807) is 6.20 Å². The number of carbonyl (C=O) groups is 1. The second-order valence-electron chi connectivity index (χ2n) is 7.30. The number of carbonyl (C=O) groups excluding carboxylic acids is 1. The van der Waals surface area contributed by atoms with Crippen LogP contribution in [0, 0.1) is 0 Å². The normalized spacial score (nSPS) is 13.7. The van der Waals surface area contributed by atoms with Crippen molar-refractivity contribution in [3.8, 4) is 11.1 Å². The van der Waals surface area contributed by atoms with Gasteiger partial charge in [0.2, 0.25) is 5.95 Å². The first-order valence-corrected chi connectivity index (χ1v) is 9.96. The monoisotopic (exact) mass is 403 g/mol. The van der Waals surface area contributed by atoms with Crippen LogP contribution in [0.25, 0.3) is 11.1 Å². The van der Waals surface area contributed by atoms with Gasteiger partial charge < -0.3 is 19.9 Å². The van der Waals surface area contributed by atoms with Gasteiger partial charge >= 0.3 is 0 Å². The van der Waals surface area contributed by atoms with Crippen molar-refractivity contribution in [2.75, 3.05) is 55.5 Å². The molecule has 0 aliphatic carbocycles. The summed E-state index contributed by atoms with van der Waals surface area (Å²) in [7, 11) is 3.80. The van der Waals surface area contributed by atoms with Crippen LogP contribution >= 0.6 is 0 Å². The van der Waals surface area contributed by atoms with E-state index in [0.29, 0.717) is 36.2 Å². The summed E-state index contributed by atoms with van der Waals surface area (Å²) in [5.41, 5.74) is 3.34. The zero-order chi connectivity index (χ0) is 20.9. The average Bonchev–Trinajstić information content (AvgIpc) is 2.80. The number of morpholine rings is 1. The molecular formula is C23H25N5O2. The molecule has 7 nitrogen and oxygen atoms in total. The Morgan fingerprint density at radius 1 is 1.00 bits per heavy atom. The van der Waals surface area contributed by atoms with Crippen LogP contribution in [0.5, 0.6) is 0 Å². The molecule has 1 fully saturated rings. The Morgan fingerprint density at radius 3 is 2.33 bits per heavy atom. The maximum Gasteiger partial charge on any atom is 0.255 e. The van der Waals surface area contributed by atoms with Crippen molar-refractivity contribution in [3.05, 3.63) is 66.4 Å². The van der Waals surface area contributed by atoms with E-state index in [1.807, 2.05) is 73.6 Å². The number of ether oxygens (including phenoxy) is 1. The van der Waals surface area contributed by atoms with Gasteiger partial charge in [-0.15, -0.1) is 0 Å². The summed E-state index contributed by atoms with van der Waals surface area (Å²) in [6, 6.07) is 17.6. The van der Waals surface area contributed by atoms with Gasteiger partial charge in [0, 0.05) is 32.7 Å². The van der Waals surface area contributed by atoms with E-state index in [1.165, 1.54) is 0 Å². The van der Waals surface area contributed by atoms with Gasteiger partial charge in [-0.05, 0) is 23.3 Å². The first-order valence-electron chi connectivity index (χ1n) is 9.96. The first kappa shape index (κ1) is 19.8. The SMILES string of the molecule is CN(C)c1nc(N2CCOCC2)ncc1NC(=O)c1ccc(-c2ccccc2)cc1. The van der Waals surface area contributed by atoms with Crippen molar-refractivity contribution in [1.29, 1.82) is 0 Å². The Labute approximate surface area is 176 Å². The molecule has 0 radical (unpaired) electrons. The van der Waals surface area contributed by atoms with E-state index in [2.05, 4.69) is 20.2 Å². The van der Waals surface area contributed by atoms with Gasteiger partial charge in [0.15, 0.2) is 5.82 Å². The van der Waals surface area contributed by atoms with E-state index >= 15 is 0 Å². The van der Waals surface area contributed by atoms with Crippen LogP contribution in [0.3, 0.4) is 0 Å². The van der Waals surface area contributed by atoms with Crippen LogP contribution in [0.2, 0.25) is 0 Å². The number of amides is 1. The van der Waals surface area contributed by atoms with Crippen molar-refractivity contribution < 1.29 is 9.53 Å². The predicted octanol–water partition coefficient (Wildman–Crippen LogP) is 3.30. The third kappa shape index (κ3) is 4.41. The number of hydrogen-bond donors (Lipinski definition) is 1. The van der Waals surface area contributed by atoms with E-state index < -0.39 is 0 Å².